The minimum absolute atomic E-state index is 0.307. The summed E-state index contributed by atoms with van der Waals surface area (Å²) in [5.41, 5.74) is 0.467. The third kappa shape index (κ3) is 4.31. The van der Waals surface area contributed by atoms with E-state index in [-0.39, 0.29) is 0 Å². The average molecular weight is 256 g/mol. The van der Waals surface area contributed by atoms with Crippen LogP contribution in [0.4, 0.5) is 0 Å². The van der Waals surface area contributed by atoms with Crippen molar-refractivity contribution in [2.75, 3.05) is 13.7 Å². The average Bonchev–Trinajstić information content (AvgIpc) is 2.65. The summed E-state index contributed by atoms with van der Waals surface area (Å²) in [6, 6.07) is 1.50. The molecule has 1 heterocycles. The van der Waals surface area contributed by atoms with Gasteiger partial charge in [-0.2, -0.15) is 0 Å². The Kier molecular flexibility index (Phi) is 4.89. The van der Waals surface area contributed by atoms with Crippen LogP contribution < -0.4 is 4.74 Å². The first-order chi connectivity index (χ1) is 7.98. The van der Waals surface area contributed by atoms with Gasteiger partial charge in [-0.3, -0.25) is 9.36 Å². The van der Waals surface area contributed by atoms with Crippen molar-refractivity contribution in [3.05, 3.63) is 11.9 Å². The normalized spacial score (nSPS) is 11.5. The van der Waals surface area contributed by atoms with Gasteiger partial charge in [0.1, 0.15) is 12.4 Å². The van der Waals surface area contributed by atoms with Gasteiger partial charge < -0.3 is 9.47 Å². The van der Waals surface area contributed by atoms with E-state index in [2.05, 4.69) is 24.6 Å². The van der Waals surface area contributed by atoms with Crippen LogP contribution in [0.25, 0.3) is 0 Å². The number of rotatable bonds is 7. The maximum Gasteiger partial charge on any atom is 0.298 e. The van der Waals surface area contributed by atoms with Gasteiger partial charge in [-0.25, -0.2) is 4.98 Å². The lowest BCUT2D eigenvalue weighted by Crippen LogP contribution is -2.22. The smallest absolute Gasteiger partial charge is 0.298 e. The van der Waals surface area contributed by atoms with Crippen LogP contribution >= 0.6 is 0 Å². The highest BCUT2D eigenvalue weighted by Gasteiger charge is 2.13. The van der Waals surface area contributed by atoms with E-state index >= 15 is 0 Å². The molecule has 0 saturated heterocycles. The number of hydrogen-bond acceptors (Lipinski definition) is 4. The van der Waals surface area contributed by atoms with Crippen LogP contribution in [0.15, 0.2) is 6.20 Å². The fourth-order valence-corrected chi connectivity index (χ4v) is 2.05. The maximum atomic E-state index is 10.8. The molecule has 0 amide bonds. The second kappa shape index (κ2) is 5.97. The van der Waals surface area contributed by atoms with Crippen molar-refractivity contribution in [3.63, 3.8) is 0 Å². The summed E-state index contributed by atoms with van der Waals surface area (Å²) < 4.78 is 12.2. The first kappa shape index (κ1) is 13.9. The van der Waals surface area contributed by atoms with Crippen LogP contribution in [0.2, 0.25) is 25.7 Å². The Bertz CT molecular complexity index is 371. The zero-order chi connectivity index (χ0) is 12.9. The molecule has 0 aliphatic rings. The predicted molar refractivity (Wildman–Crippen MR) is 68.3 cm³/mol. The fraction of sp³-hybridized carbons (Fsp3) is 0.636. The maximum absolute atomic E-state index is 10.8. The van der Waals surface area contributed by atoms with E-state index in [4.69, 9.17) is 9.47 Å². The molecule has 0 aliphatic heterocycles. The number of nitrogens with zero attached hydrogens (tertiary/aromatic N) is 2. The summed E-state index contributed by atoms with van der Waals surface area (Å²) in [6.45, 7) is 7.90. The molecule has 6 heteroatoms. The number of ether oxygens (including phenoxy) is 2. The molecule has 0 aliphatic carbocycles. The predicted octanol–water partition coefficient (Wildman–Crippen LogP) is 2.02. The molecule has 1 rings (SSSR count). The van der Waals surface area contributed by atoms with E-state index in [1.165, 1.54) is 13.3 Å². The lowest BCUT2D eigenvalue weighted by atomic mass is 10.5. The van der Waals surface area contributed by atoms with Gasteiger partial charge >= 0.3 is 0 Å². The molecule has 0 aromatic carbocycles. The molecule has 5 nitrogen and oxygen atoms in total. The van der Waals surface area contributed by atoms with Gasteiger partial charge in [0.25, 0.3) is 6.01 Å². The number of aldehydes is 1. The fourth-order valence-electron chi connectivity index (χ4n) is 1.29. The molecule has 0 spiro atoms. The van der Waals surface area contributed by atoms with Crippen molar-refractivity contribution in [3.8, 4) is 6.01 Å². The van der Waals surface area contributed by atoms with Crippen LogP contribution in [0, 0.1) is 0 Å². The lowest BCUT2D eigenvalue weighted by molar-refractivity contribution is 0.0776. The van der Waals surface area contributed by atoms with Crippen molar-refractivity contribution in [2.45, 2.75) is 32.4 Å². The van der Waals surface area contributed by atoms with Crippen LogP contribution in [0.3, 0.4) is 0 Å². The van der Waals surface area contributed by atoms with Gasteiger partial charge in [-0.15, -0.1) is 0 Å². The zero-order valence-corrected chi connectivity index (χ0v) is 11.9. The van der Waals surface area contributed by atoms with Crippen LogP contribution in [0.5, 0.6) is 6.01 Å². The Hall–Kier alpha value is -1.14. The van der Waals surface area contributed by atoms with Gasteiger partial charge in [0.2, 0.25) is 0 Å². The molecule has 0 unspecified atom stereocenters. The summed E-state index contributed by atoms with van der Waals surface area (Å²) >= 11 is 0. The van der Waals surface area contributed by atoms with E-state index in [9.17, 15) is 4.79 Å². The standard InChI is InChI=1S/C11H20N2O3Si/c1-15-11-12-7-10(8-14)13(11)9-16-5-6-17(2,3)4/h7-8H,5-6,9H2,1-4H3. The molecule has 0 N–H and O–H groups in total. The first-order valence-corrected chi connectivity index (χ1v) is 9.31. The highest BCUT2D eigenvalue weighted by molar-refractivity contribution is 6.76. The monoisotopic (exact) mass is 256 g/mol. The highest BCUT2D eigenvalue weighted by atomic mass is 28.3. The van der Waals surface area contributed by atoms with Gasteiger partial charge in [0, 0.05) is 14.7 Å². The molecule has 96 valence electrons. The highest BCUT2D eigenvalue weighted by Crippen LogP contribution is 2.12. The van der Waals surface area contributed by atoms with Crippen molar-refractivity contribution in [1.82, 2.24) is 9.55 Å². The van der Waals surface area contributed by atoms with Gasteiger partial charge in [-0.05, 0) is 6.04 Å². The molecule has 0 atom stereocenters. The summed E-state index contributed by atoms with van der Waals surface area (Å²) in [6.07, 6.45) is 2.23. The van der Waals surface area contributed by atoms with Crippen molar-refractivity contribution < 1.29 is 14.3 Å². The third-order valence-corrected chi connectivity index (χ3v) is 4.07. The van der Waals surface area contributed by atoms with Gasteiger partial charge in [0.15, 0.2) is 6.29 Å². The van der Waals surface area contributed by atoms with Crippen LogP contribution in [-0.4, -0.2) is 37.6 Å². The van der Waals surface area contributed by atoms with Gasteiger partial charge in [0.05, 0.1) is 13.3 Å². The minimum atomic E-state index is -1.07. The molecule has 0 fully saturated rings. The molecule has 0 bridgehead atoms. The Morgan fingerprint density at radius 1 is 1.47 bits per heavy atom. The lowest BCUT2D eigenvalue weighted by Gasteiger charge is -2.16. The van der Waals surface area contributed by atoms with E-state index in [1.54, 1.807) is 4.57 Å². The molecule has 1 aromatic heterocycles. The second-order valence-electron chi connectivity index (χ2n) is 5.06. The number of carbonyl (C=O) groups is 1. The van der Waals surface area contributed by atoms with E-state index < -0.39 is 8.07 Å². The Labute approximate surface area is 103 Å². The number of imidazole rings is 1. The number of hydrogen-bond donors (Lipinski definition) is 0. The molecule has 17 heavy (non-hydrogen) atoms. The van der Waals surface area contributed by atoms with Gasteiger partial charge in [-0.1, -0.05) is 19.6 Å². The third-order valence-electron chi connectivity index (χ3n) is 2.37. The SMILES string of the molecule is COc1ncc(C=O)n1COCC[Si](C)(C)C. The number of carbonyl (C=O) groups excluding carboxylic acids is 1. The molecule has 0 saturated carbocycles. The van der Waals surface area contributed by atoms with Crippen LogP contribution in [-0.2, 0) is 11.5 Å². The molecular formula is C11H20N2O3Si. The number of methoxy groups -OCH3 is 1. The molecule has 0 radical (unpaired) electrons. The van der Waals surface area contributed by atoms with Crippen molar-refractivity contribution in [2.24, 2.45) is 0 Å². The largest absolute Gasteiger partial charge is 0.468 e. The first-order valence-electron chi connectivity index (χ1n) is 5.60. The summed E-state index contributed by atoms with van der Waals surface area (Å²) in [7, 11) is 0.450. The Morgan fingerprint density at radius 2 is 2.18 bits per heavy atom. The quantitative estimate of drug-likeness (QED) is 0.425. The van der Waals surface area contributed by atoms with E-state index in [0.717, 1.165) is 12.3 Å². The summed E-state index contributed by atoms with van der Waals surface area (Å²) in [4.78, 5) is 14.8. The topological polar surface area (TPSA) is 53.3 Å². The summed E-state index contributed by atoms with van der Waals surface area (Å²) in [5, 5.41) is 0. The van der Waals surface area contributed by atoms with E-state index in [1.807, 2.05) is 0 Å². The summed E-state index contributed by atoms with van der Waals surface area (Å²) in [5.74, 6) is 0. The number of aromatic nitrogens is 2. The van der Waals surface area contributed by atoms with Crippen LogP contribution in [0.1, 0.15) is 10.5 Å². The zero-order valence-electron chi connectivity index (χ0n) is 10.9. The Morgan fingerprint density at radius 3 is 2.71 bits per heavy atom. The Balaban J connectivity index is 2.50. The molecular weight excluding hydrogens is 236 g/mol. The van der Waals surface area contributed by atoms with E-state index in [0.29, 0.717) is 25.0 Å². The second-order valence-corrected chi connectivity index (χ2v) is 10.7. The molecule has 1 aromatic rings. The van der Waals surface area contributed by atoms with Crippen molar-refractivity contribution >= 4 is 14.4 Å². The van der Waals surface area contributed by atoms with Crippen molar-refractivity contribution in [1.29, 1.82) is 0 Å². The minimum Gasteiger partial charge on any atom is -0.468 e.